The Balaban J connectivity index is 1.69. The second-order valence-corrected chi connectivity index (χ2v) is 7.71. The third-order valence-corrected chi connectivity index (χ3v) is 5.74. The van der Waals surface area contributed by atoms with Crippen LogP contribution in [-0.2, 0) is 16.0 Å². The van der Waals surface area contributed by atoms with Gasteiger partial charge in [-0.15, -0.1) is 0 Å². The highest BCUT2D eigenvalue weighted by molar-refractivity contribution is 5.94. The highest BCUT2D eigenvalue weighted by Crippen LogP contribution is 2.21. The maximum Gasteiger partial charge on any atom is 0.303 e. The topological polar surface area (TPSA) is 93.5 Å². The van der Waals surface area contributed by atoms with E-state index in [4.69, 9.17) is 9.84 Å². The monoisotopic (exact) mass is 399 g/mol. The van der Waals surface area contributed by atoms with Crippen LogP contribution in [0.1, 0.15) is 53.5 Å². The van der Waals surface area contributed by atoms with Crippen LogP contribution in [0.5, 0.6) is 0 Å². The second-order valence-electron chi connectivity index (χ2n) is 7.71. The summed E-state index contributed by atoms with van der Waals surface area (Å²) in [6.07, 6.45) is 2.49. The average molecular weight is 399 g/mol. The van der Waals surface area contributed by atoms with Gasteiger partial charge in [0.05, 0.1) is 11.4 Å². The van der Waals surface area contributed by atoms with E-state index in [1.807, 2.05) is 26.0 Å². The molecular formula is C22H29N3O4. The molecule has 1 fully saturated rings. The number of ether oxygens (including phenoxy) is 1. The van der Waals surface area contributed by atoms with Gasteiger partial charge in [-0.05, 0) is 75.8 Å². The lowest BCUT2D eigenvalue weighted by Gasteiger charge is -2.28. The molecule has 0 bridgehead atoms. The predicted octanol–water partition coefficient (Wildman–Crippen LogP) is 3.05. The lowest BCUT2D eigenvalue weighted by atomic mass is 9.93. The SMILES string of the molecule is Cc1nn(-c2ccc(C(=O)NC(C)C3CCOCC3)cc2)c(C)c1CCC(=O)O. The van der Waals surface area contributed by atoms with E-state index in [1.165, 1.54) is 0 Å². The predicted molar refractivity (Wildman–Crippen MR) is 109 cm³/mol. The largest absolute Gasteiger partial charge is 0.481 e. The molecule has 1 saturated heterocycles. The van der Waals surface area contributed by atoms with E-state index in [0.717, 1.165) is 48.7 Å². The Hall–Kier alpha value is -2.67. The van der Waals surface area contributed by atoms with E-state index in [0.29, 0.717) is 17.9 Å². The van der Waals surface area contributed by atoms with Crippen LogP contribution in [0.15, 0.2) is 24.3 Å². The lowest BCUT2D eigenvalue weighted by molar-refractivity contribution is -0.136. The van der Waals surface area contributed by atoms with E-state index in [2.05, 4.69) is 17.3 Å². The molecule has 1 aromatic heterocycles. The van der Waals surface area contributed by atoms with Crippen LogP contribution in [0, 0.1) is 19.8 Å². The number of hydrogen-bond donors (Lipinski definition) is 2. The van der Waals surface area contributed by atoms with Crippen LogP contribution in [-0.4, -0.2) is 46.0 Å². The maximum absolute atomic E-state index is 12.6. The third kappa shape index (κ3) is 5.03. The Morgan fingerprint density at radius 3 is 2.52 bits per heavy atom. The number of hydrogen-bond acceptors (Lipinski definition) is 4. The number of benzene rings is 1. The molecule has 0 radical (unpaired) electrons. The zero-order valence-electron chi connectivity index (χ0n) is 17.3. The van der Waals surface area contributed by atoms with Gasteiger partial charge in [-0.2, -0.15) is 5.10 Å². The molecule has 1 aliphatic rings. The molecule has 1 unspecified atom stereocenters. The number of carbonyl (C=O) groups is 2. The lowest BCUT2D eigenvalue weighted by Crippen LogP contribution is -2.40. The molecule has 1 aliphatic heterocycles. The van der Waals surface area contributed by atoms with E-state index < -0.39 is 5.97 Å². The van der Waals surface area contributed by atoms with Crippen LogP contribution in [0.4, 0.5) is 0 Å². The number of carboxylic acids is 1. The summed E-state index contributed by atoms with van der Waals surface area (Å²) < 4.78 is 7.20. The van der Waals surface area contributed by atoms with Gasteiger partial charge in [0.2, 0.25) is 0 Å². The number of rotatable bonds is 7. The minimum Gasteiger partial charge on any atom is -0.481 e. The number of amides is 1. The molecule has 2 heterocycles. The fourth-order valence-electron chi connectivity index (χ4n) is 3.90. The van der Waals surface area contributed by atoms with Gasteiger partial charge in [0.15, 0.2) is 0 Å². The number of aliphatic carboxylic acids is 1. The van der Waals surface area contributed by atoms with Gasteiger partial charge in [-0.25, -0.2) is 4.68 Å². The summed E-state index contributed by atoms with van der Waals surface area (Å²) in [4.78, 5) is 23.5. The summed E-state index contributed by atoms with van der Waals surface area (Å²) in [5, 5.41) is 16.6. The molecule has 1 atom stereocenters. The van der Waals surface area contributed by atoms with Gasteiger partial charge in [0, 0.05) is 36.9 Å². The highest BCUT2D eigenvalue weighted by Gasteiger charge is 2.22. The Labute approximate surface area is 171 Å². The normalized spacial score (nSPS) is 15.8. The smallest absolute Gasteiger partial charge is 0.303 e. The van der Waals surface area contributed by atoms with Crippen molar-refractivity contribution in [3.63, 3.8) is 0 Å². The molecule has 1 amide bonds. The standard InChI is InChI=1S/C22H29N3O4/c1-14(17-10-12-29-13-11-17)23-22(28)18-4-6-19(7-5-18)25-16(3)20(15(2)24-25)8-9-21(26)27/h4-7,14,17H,8-13H2,1-3H3,(H,23,28)(H,26,27). The average Bonchev–Trinajstić information content (AvgIpc) is 3.00. The number of carboxylic acid groups (broad SMARTS) is 1. The first-order valence-corrected chi connectivity index (χ1v) is 10.1. The Bertz CT molecular complexity index is 867. The number of carbonyl (C=O) groups excluding carboxylic acids is 1. The zero-order valence-corrected chi connectivity index (χ0v) is 17.3. The van der Waals surface area contributed by atoms with Crippen molar-refractivity contribution in [2.24, 2.45) is 5.92 Å². The summed E-state index contributed by atoms with van der Waals surface area (Å²) >= 11 is 0. The molecule has 7 heteroatoms. The Morgan fingerprint density at radius 1 is 1.24 bits per heavy atom. The van der Waals surface area contributed by atoms with Gasteiger partial charge >= 0.3 is 5.97 Å². The van der Waals surface area contributed by atoms with Crippen LogP contribution in [0.2, 0.25) is 0 Å². The van der Waals surface area contributed by atoms with Gasteiger partial charge in [-0.1, -0.05) is 0 Å². The molecule has 1 aromatic carbocycles. The van der Waals surface area contributed by atoms with Gasteiger partial charge in [-0.3, -0.25) is 9.59 Å². The molecule has 0 saturated carbocycles. The molecule has 156 valence electrons. The fourth-order valence-corrected chi connectivity index (χ4v) is 3.90. The Kier molecular flexibility index (Phi) is 6.69. The van der Waals surface area contributed by atoms with Crippen molar-refractivity contribution >= 4 is 11.9 Å². The van der Waals surface area contributed by atoms with E-state index in [1.54, 1.807) is 16.8 Å². The van der Waals surface area contributed by atoms with Crippen molar-refractivity contribution in [2.45, 2.75) is 52.5 Å². The summed E-state index contributed by atoms with van der Waals surface area (Å²) in [7, 11) is 0. The second kappa shape index (κ2) is 9.22. The third-order valence-electron chi connectivity index (χ3n) is 5.74. The molecule has 29 heavy (non-hydrogen) atoms. The minimum atomic E-state index is -0.818. The van der Waals surface area contributed by atoms with E-state index in [-0.39, 0.29) is 18.4 Å². The van der Waals surface area contributed by atoms with Crippen molar-refractivity contribution in [1.29, 1.82) is 0 Å². The molecule has 7 nitrogen and oxygen atoms in total. The van der Waals surface area contributed by atoms with Gasteiger partial charge in [0.1, 0.15) is 0 Å². The van der Waals surface area contributed by atoms with Crippen LogP contribution in [0.3, 0.4) is 0 Å². The number of nitrogens with one attached hydrogen (secondary N) is 1. The fraction of sp³-hybridized carbons (Fsp3) is 0.500. The molecule has 0 aliphatic carbocycles. The Morgan fingerprint density at radius 2 is 1.90 bits per heavy atom. The van der Waals surface area contributed by atoms with E-state index >= 15 is 0 Å². The van der Waals surface area contributed by atoms with E-state index in [9.17, 15) is 9.59 Å². The molecule has 0 spiro atoms. The first-order valence-electron chi connectivity index (χ1n) is 10.1. The summed E-state index contributed by atoms with van der Waals surface area (Å²) in [5.74, 6) is -0.446. The first-order chi connectivity index (χ1) is 13.9. The zero-order chi connectivity index (χ0) is 21.0. The van der Waals surface area contributed by atoms with Crippen molar-refractivity contribution in [1.82, 2.24) is 15.1 Å². The number of aromatic nitrogens is 2. The van der Waals surface area contributed by atoms with Crippen LogP contribution in [0.25, 0.3) is 5.69 Å². The summed E-state index contributed by atoms with van der Waals surface area (Å²) in [5.41, 5.74) is 4.17. The molecular weight excluding hydrogens is 370 g/mol. The molecule has 3 rings (SSSR count). The van der Waals surface area contributed by atoms with Crippen LogP contribution >= 0.6 is 0 Å². The van der Waals surface area contributed by atoms with Crippen molar-refractivity contribution < 1.29 is 19.4 Å². The minimum absolute atomic E-state index is 0.0777. The summed E-state index contributed by atoms with van der Waals surface area (Å²) in [6.45, 7) is 7.40. The van der Waals surface area contributed by atoms with Gasteiger partial charge in [0.25, 0.3) is 5.91 Å². The first kappa shape index (κ1) is 21.0. The van der Waals surface area contributed by atoms with Gasteiger partial charge < -0.3 is 15.2 Å². The highest BCUT2D eigenvalue weighted by atomic mass is 16.5. The summed E-state index contributed by atoms with van der Waals surface area (Å²) in [6, 6.07) is 7.45. The van der Waals surface area contributed by atoms with Crippen LogP contribution < -0.4 is 5.32 Å². The number of nitrogens with zero attached hydrogens (tertiary/aromatic N) is 2. The molecule has 2 aromatic rings. The number of aryl methyl sites for hydroxylation is 1. The molecule has 2 N–H and O–H groups in total. The maximum atomic E-state index is 12.6. The quantitative estimate of drug-likeness (QED) is 0.746. The van der Waals surface area contributed by atoms with Crippen molar-refractivity contribution in [3.05, 3.63) is 46.8 Å². The van der Waals surface area contributed by atoms with Crippen molar-refractivity contribution in [3.8, 4) is 5.69 Å². The van der Waals surface area contributed by atoms with Crippen molar-refractivity contribution in [2.75, 3.05) is 13.2 Å².